The average Bonchev–Trinajstić information content (AvgIpc) is 2.67. The van der Waals surface area contributed by atoms with Gasteiger partial charge in [-0.05, 0) is 32.0 Å². The van der Waals surface area contributed by atoms with Crippen molar-refractivity contribution in [2.45, 2.75) is 20.0 Å². The zero-order valence-corrected chi connectivity index (χ0v) is 10.3. The molecule has 3 nitrogen and oxygen atoms in total. The van der Waals surface area contributed by atoms with E-state index < -0.39 is 0 Å². The molecule has 0 fully saturated rings. The summed E-state index contributed by atoms with van der Waals surface area (Å²) in [6, 6.07) is 6.47. The van der Waals surface area contributed by atoms with E-state index in [0.717, 1.165) is 22.8 Å². The Labute approximate surface area is 105 Å². The van der Waals surface area contributed by atoms with Crippen molar-refractivity contribution in [1.29, 1.82) is 0 Å². The van der Waals surface area contributed by atoms with E-state index in [1.54, 1.807) is 6.07 Å². The van der Waals surface area contributed by atoms with Crippen molar-refractivity contribution in [2.24, 2.45) is 0 Å². The Balaban J connectivity index is 1.92. The van der Waals surface area contributed by atoms with Crippen LogP contribution in [-0.2, 0) is 0 Å². The molecular weight excluding hydrogens is 233 g/mol. The first-order valence-electron chi connectivity index (χ1n) is 5.90. The molecule has 2 heterocycles. The van der Waals surface area contributed by atoms with Gasteiger partial charge in [-0.15, -0.1) is 0 Å². The van der Waals surface area contributed by atoms with Gasteiger partial charge in [0.1, 0.15) is 29.2 Å². The summed E-state index contributed by atoms with van der Waals surface area (Å²) in [6.45, 7) is 4.46. The summed E-state index contributed by atoms with van der Waals surface area (Å²) < 4.78 is 24.5. The van der Waals surface area contributed by atoms with Gasteiger partial charge in [-0.25, -0.2) is 4.39 Å². The lowest BCUT2D eigenvalue weighted by Gasteiger charge is -2.27. The van der Waals surface area contributed by atoms with Crippen LogP contribution in [0.4, 0.5) is 10.1 Å². The largest absolute Gasteiger partial charge is 0.481 e. The topological polar surface area (TPSA) is 34.4 Å². The van der Waals surface area contributed by atoms with Gasteiger partial charge >= 0.3 is 0 Å². The maximum absolute atomic E-state index is 13.2. The molecule has 1 aliphatic heterocycles. The van der Waals surface area contributed by atoms with Crippen molar-refractivity contribution in [1.82, 2.24) is 0 Å². The van der Waals surface area contributed by atoms with Crippen LogP contribution in [0.25, 0.3) is 0 Å². The van der Waals surface area contributed by atoms with Crippen LogP contribution in [0.15, 0.2) is 28.7 Å². The van der Waals surface area contributed by atoms with E-state index in [1.165, 1.54) is 12.1 Å². The minimum atomic E-state index is -0.295. The molecule has 0 saturated heterocycles. The summed E-state index contributed by atoms with van der Waals surface area (Å²) in [7, 11) is 0. The number of nitrogens with one attached hydrogen (secondary N) is 1. The van der Waals surface area contributed by atoms with Gasteiger partial charge in [0.25, 0.3) is 0 Å². The summed E-state index contributed by atoms with van der Waals surface area (Å²) in [5, 5.41) is 3.24. The molecule has 0 spiro atoms. The van der Waals surface area contributed by atoms with Gasteiger partial charge in [0, 0.05) is 11.6 Å². The Morgan fingerprint density at radius 3 is 2.83 bits per heavy atom. The van der Waals surface area contributed by atoms with E-state index in [4.69, 9.17) is 9.15 Å². The molecule has 0 radical (unpaired) electrons. The lowest BCUT2D eigenvalue weighted by molar-refractivity contribution is 0.207. The Hall–Kier alpha value is -1.97. The highest BCUT2D eigenvalue weighted by Gasteiger charge is 2.24. The summed E-state index contributed by atoms with van der Waals surface area (Å²) in [5.74, 6) is 1.95. The first-order valence-corrected chi connectivity index (χ1v) is 5.90. The number of hydrogen-bond donors (Lipinski definition) is 1. The molecule has 0 amide bonds. The Kier molecular flexibility index (Phi) is 2.51. The fourth-order valence-corrected chi connectivity index (χ4v) is 2.28. The molecule has 1 aromatic heterocycles. The van der Waals surface area contributed by atoms with Gasteiger partial charge in [0.15, 0.2) is 0 Å². The van der Waals surface area contributed by atoms with Crippen molar-refractivity contribution in [3.8, 4) is 5.75 Å². The Morgan fingerprint density at radius 2 is 2.11 bits per heavy atom. The van der Waals surface area contributed by atoms with E-state index in [1.807, 2.05) is 19.9 Å². The monoisotopic (exact) mass is 247 g/mol. The molecule has 4 heteroatoms. The SMILES string of the molecule is Cc1cc(C2CNc3ccc(F)cc3O2)c(C)o1. The molecule has 0 bridgehead atoms. The van der Waals surface area contributed by atoms with Crippen molar-refractivity contribution < 1.29 is 13.5 Å². The third-order valence-electron chi connectivity index (χ3n) is 3.12. The third-order valence-corrected chi connectivity index (χ3v) is 3.12. The lowest BCUT2D eigenvalue weighted by Crippen LogP contribution is -2.23. The number of aryl methyl sites for hydroxylation is 2. The first kappa shape index (κ1) is 11.1. The standard InChI is InChI=1S/C14H14FNO2/c1-8-5-11(9(2)17-8)14-7-16-12-4-3-10(15)6-13(12)18-14/h3-6,14,16H,7H2,1-2H3. The molecule has 94 valence electrons. The van der Waals surface area contributed by atoms with Crippen LogP contribution in [0, 0.1) is 19.7 Å². The van der Waals surface area contributed by atoms with Crippen molar-refractivity contribution in [2.75, 3.05) is 11.9 Å². The molecule has 1 aliphatic rings. The quantitative estimate of drug-likeness (QED) is 0.836. The number of furan rings is 1. The number of benzene rings is 1. The van der Waals surface area contributed by atoms with Crippen molar-refractivity contribution >= 4 is 5.69 Å². The summed E-state index contributed by atoms with van der Waals surface area (Å²) in [6.07, 6.45) is -0.142. The normalized spacial score (nSPS) is 17.8. The van der Waals surface area contributed by atoms with E-state index in [0.29, 0.717) is 12.3 Å². The van der Waals surface area contributed by atoms with Crippen molar-refractivity contribution in [3.63, 3.8) is 0 Å². The number of ether oxygens (including phenoxy) is 1. The predicted molar refractivity (Wildman–Crippen MR) is 66.4 cm³/mol. The fourth-order valence-electron chi connectivity index (χ4n) is 2.28. The molecule has 0 saturated carbocycles. The minimum Gasteiger partial charge on any atom is -0.481 e. The van der Waals surface area contributed by atoms with E-state index >= 15 is 0 Å². The number of anilines is 1. The van der Waals surface area contributed by atoms with Crippen molar-refractivity contribution in [3.05, 3.63) is 47.2 Å². The molecule has 0 aliphatic carbocycles. The number of rotatable bonds is 1. The van der Waals surface area contributed by atoms with Gasteiger partial charge < -0.3 is 14.5 Å². The second-order valence-corrected chi connectivity index (χ2v) is 4.50. The fraction of sp³-hybridized carbons (Fsp3) is 0.286. The van der Waals surface area contributed by atoms with E-state index in [2.05, 4.69) is 5.32 Å². The predicted octanol–water partition coefficient (Wildman–Crippen LogP) is 3.58. The zero-order valence-electron chi connectivity index (χ0n) is 10.3. The average molecular weight is 247 g/mol. The summed E-state index contributed by atoms with van der Waals surface area (Å²) in [5.41, 5.74) is 1.83. The molecule has 3 rings (SSSR count). The van der Waals surface area contributed by atoms with Crippen LogP contribution in [0.3, 0.4) is 0 Å². The molecule has 1 aromatic carbocycles. The van der Waals surface area contributed by atoms with Gasteiger partial charge in [0.05, 0.1) is 12.2 Å². The maximum atomic E-state index is 13.2. The van der Waals surface area contributed by atoms with Crippen LogP contribution >= 0.6 is 0 Å². The zero-order chi connectivity index (χ0) is 12.7. The second-order valence-electron chi connectivity index (χ2n) is 4.50. The highest BCUT2D eigenvalue weighted by Crippen LogP contribution is 2.36. The molecule has 1 N–H and O–H groups in total. The highest BCUT2D eigenvalue weighted by atomic mass is 19.1. The Morgan fingerprint density at radius 1 is 1.28 bits per heavy atom. The molecular formula is C14H14FNO2. The lowest BCUT2D eigenvalue weighted by atomic mass is 10.1. The molecule has 1 atom stereocenters. The van der Waals surface area contributed by atoms with Gasteiger partial charge in [0.2, 0.25) is 0 Å². The number of halogens is 1. The second kappa shape index (κ2) is 4.05. The third kappa shape index (κ3) is 1.83. The number of fused-ring (bicyclic) bond motifs is 1. The van der Waals surface area contributed by atoms with Crippen LogP contribution in [0.5, 0.6) is 5.75 Å². The van der Waals surface area contributed by atoms with Crippen LogP contribution in [0.2, 0.25) is 0 Å². The molecule has 18 heavy (non-hydrogen) atoms. The van der Waals surface area contributed by atoms with Crippen LogP contribution in [0.1, 0.15) is 23.2 Å². The minimum absolute atomic E-state index is 0.142. The van der Waals surface area contributed by atoms with Crippen LogP contribution in [-0.4, -0.2) is 6.54 Å². The van der Waals surface area contributed by atoms with E-state index in [-0.39, 0.29) is 11.9 Å². The van der Waals surface area contributed by atoms with Gasteiger partial charge in [-0.1, -0.05) is 0 Å². The summed E-state index contributed by atoms with van der Waals surface area (Å²) in [4.78, 5) is 0. The number of hydrogen-bond acceptors (Lipinski definition) is 3. The van der Waals surface area contributed by atoms with E-state index in [9.17, 15) is 4.39 Å². The van der Waals surface area contributed by atoms with Crippen LogP contribution < -0.4 is 10.1 Å². The highest BCUT2D eigenvalue weighted by molar-refractivity contribution is 5.58. The van der Waals surface area contributed by atoms with Gasteiger partial charge in [-0.3, -0.25) is 0 Å². The molecule has 2 aromatic rings. The molecule has 1 unspecified atom stereocenters. The maximum Gasteiger partial charge on any atom is 0.146 e. The first-order chi connectivity index (χ1) is 8.63. The Bertz CT molecular complexity index is 591. The van der Waals surface area contributed by atoms with Gasteiger partial charge in [-0.2, -0.15) is 0 Å². The summed E-state index contributed by atoms with van der Waals surface area (Å²) >= 11 is 0. The smallest absolute Gasteiger partial charge is 0.146 e.